The molecule has 0 aliphatic carbocycles. The highest BCUT2D eigenvalue weighted by Gasteiger charge is 2.57. The van der Waals surface area contributed by atoms with Gasteiger partial charge in [0.25, 0.3) is 0 Å². The van der Waals surface area contributed by atoms with Crippen LogP contribution >= 0.6 is 0 Å². The zero-order valence-electron chi connectivity index (χ0n) is 30.2. The molecule has 25 atom stereocenters. The van der Waals surface area contributed by atoms with Gasteiger partial charge in [-0.05, 0) is 13.8 Å². The van der Waals surface area contributed by atoms with Gasteiger partial charge in [0.05, 0.1) is 38.8 Å². The molecule has 56 heavy (non-hydrogen) atoms. The van der Waals surface area contributed by atoms with Gasteiger partial charge in [-0.25, -0.2) is 0 Å². The zero-order valence-corrected chi connectivity index (χ0v) is 30.2. The molecule has 0 aromatic carbocycles. The molecule has 0 aromatic rings. The van der Waals surface area contributed by atoms with E-state index in [1.165, 1.54) is 13.8 Å². The topological polar surface area (TPSA) is 402 Å². The Kier molecular flexibility index (Phi) is 16.1. The second kappa shape index (κ2) is 19.6. The fourth-order valence-corrected chi connectivity index (χ4v) is 7.10. The molecule has 0 radical (unpaired) electrons. The summed E-state index contributed by atoms with van der Waals surface area (Å²) in [6.07, 6.45) is -43.4. The van der Waals surface area contributed by atoms with Crippen molar-refractivity contribution in [1.29, 1.82) is 0 Å². The lowest BCUT2D eigenvalue weighted by atomic mass is 9.95. The monoisotopic (exact) mass is 825 g/mol. The first-order valence-electron chi connectivity index (χ1n) is 18.0. The van der Waals surface area contributed by atoms with E-state index in [0.29, 0.717) is 0 Å². The van der Waals surface area contributed by atoms with Gasteiger partial charge in [-0.15, -0.1) is 0 Å². The molecule has 0 spiro atoms. The van der Waals surface area contributed by atoms with Crippen molar-refractivity contribution >= 4 is 0 Å². The van der Waals surface area contributed by atoms with Gasteiger partial charge < -0.3 is 125 Å². The van der Waals surface area contributed by atoms with Gasteiger partial charge in [0.15, 0.2) is 31.5 Å². The molecule has 16 N–H and O–H groups in total. The second-order valence-corrected chi connectivity index (χ2v) is 14.2. The Balaban J connectivity index is 1.44. The molecule has 5 saturated heterocycles. The molecule has 5 rings (SSSR count). The van der Waals surface area contributed by atoms with Gasteiger partial charge in [0.1, 0.15) is 110 Å². The van der Waals surface area contributed by atoms with Gasteiger partial charge in [-0.1, -0.05) is 0 Å². The first-order valence-corrected chi connectivity index (χ1v) is 18.0. The lowest BCUT2D eigenvalue weighted by molar-refractivity contribution is -0.406. The molecule has 0 amide bonds. The average Bonchev–Trinajstić information content (AvgIpc) is 3.18. The highest BCUT2D eigenvalue weighted by molar-refractivity contribution is 4.99. The quantitative estimate of drug-likeness (QED) is 0.0767. The molecule has 5 aliphatic heterocycles. The number of nitrogens with two attached hydrogens (primary N) is 1. The number of aliphatic hydroxyl groups is 14. The van der Waals surface area contributed by atoms with Crippen LogP contribution in [0.4, 0.5) is 0 Å². The third-order valence-electron chi connectivity index (χ3n) is 10.5. The van der Waals surface area contributed by atoms with E-state index in [-0.39, 0.29) is 0 Å². The SMILES string of the molecule is CC1O[C@@H](O[C@@H]2C(O)[C@H](O[C@@H]3C(CO)O[C@H](OC4[C@@H](OCN)OC(CO)[C@@H](O)[C@@H]4O)C(O)[C@H]3O[C@@H]3OC(C)[C@H](O)C(O)[C@@H]3O)OC(CO)[C@H]2O)[C@@H](O)C(O)[C@H]1O. The molecule has 5 heterocycles. The molecule has 0 saturated carbocycles. The summed E-state index contributed by atoms with van der Waals surface area (Å²) in [5.41, 5.74) is 5.49. The highest BCUT2D eigenvalue weighted by Crippen LogP contribution is 2.37. The van der Waals surface area contributed by atoms with Gasteiger partial charge in [0, 0.05) is 0 Å². The van der Waals surface area contributed by atoms with Crippen LogP contribution in [0.5, 0.6) is 0 Å². The summed E-state index contributed by atoms with van der Waals surface area (Å²) in [7, 11) is 0. The minimum absolute atomic E-state index is 0.505. The minimum Gasteiger partial charge on any atom is -0.394 e. The summed E-state index contributed by atoms with van der Waals surface area (Å²) < 4.78 is 56.5. The Bertz CT molecular complexity index is 1210. The summed E-state index contributed by atoms with van der Waals surface area (Å²) in [6.45, 7) is -0.473. The van der Waals surface area contributed by atoms with Crippen molar-refractivity contribution in [2.75, 3.05) is 26.6 Å². The molecule has 10 unspecified atom stereocenters. The molecule has 0 aromatic heterocycles. The van der Waals surface area contributed by atoms with Gasteiger partial charge in [-0.2, -0.15) is 0 Å². The molecule has 25 heteroatoms. The van der Waals surface area contributed by atoms with Crippen molar-refractivity contribution in [3.63, 3.8) is 0 Å². The van der Waals surface area contributed by atoms with E-state index in [1.54, 1.807) is 0 Å². The predicted octanol–water partition coefficient (Wildman–Crippen LogP) is -9.93. The maximum atomic E-state index is 11.7. The first kappa shape index (κ1) is 46.1. The van der Waals surface area contributed by atoms with Crippen molar-refractivity contribution in [2.45, 2.75) is 167 Å². The molecule has 328 valence electrons. The maximum Gasteiger partial charge on any atom is 0.188 e. The van der Waals surface area contributed by atoms with Crippen LogP contribution in [0.3, 0.4) is 0 Å². The summed E-state index contributed by atoms with van der Waals surface area (Å²) in [4.78, 5) is 0. The van der Waals surface area contributed by atoms with Crippen LogP contribution in [0, 0.1) is 0 Å². The normalized spacial score (nSPS) is 53.2. The van der Waals surface area contributed by atoms with E-state index in [1.807, 2.05) is 0 Å². The molecule has 5 aliphatic rings. The van der Waals surface area contributed by atoms with Crippen molar-refractivity contribution < 1.29 is 119 Å². The Hall–Kier alpha value is -1.00. The van der Waals surface area contributed by atoms with Crippen LogP contribution in [0.2, 0.25) is 0 Å². The van der Waals surface area contributed by atoms with E-state index >= 15 is 0 Å². The number of aliphatic hydroxyl groups excluding tert-OH is 14. The second-order valence-electron chi connectivity index (χ2n) is 14.2. The van der Waals surface area contributed by atoms with E-state index in [0.717, 1.165) is 0 Å². The lowest BCUT2D eigenvalue weighted by Crippen LogP contribution is -2.69. The number of rotatable bonds is 13. The van der Waals surface area contributed by atoms with Crippen LogP contribution in [-0.4, -0.2) is 252 Å². The average molecular weight is 826 g/mol. The van der Waals surface area contributed by atoms with Crippen LogP contribution < -0.4 is 5.73 Å². The fourth-order valence-electron chi connectivity index (χ4n) is 7.10. The van der Waals surface area contributed by atoms with Crippen LogP contribution in [0.15, 0.2) is 0 Å². The lowest BCUT2D eigenvalue weighted by Gasteiger charge is -2.50. The van der Waals surface area contributed by atoms with Crippen molar-refractivity contribution in [3.05, 3.63) is 0 Å². The van der Waals surface area contributed by atoms with Crippen molar-refractivity contribution in [1.82, 2.24) is 0 Å². The maximum absolute atomic E-state index is 11.7. The van der Waals surface area contributed by atoms with Gasteiger partial charge in [-0.3, -0.25) is 0 Å². The first-order chi connectivity index (χ1) is 26.5. The molecule has 5 fully saturated rings. The Morgan fingerprint density at radius 1 is 0.375 bits per heavy atom. The number of ether oxygens (including phenoxy) is 10. The Morgan fingerprint density at radius 3 is 1.27 bits per heavy atom. The summed E-state index contributed by atoms with van der Waals surface area (Å²) in [5.74, 6) is 0. The number of hydrogen-bond donors (Lipinski definition) is 15. The van der Waals surface area contributed by atoms with Gasteiger partial charge in [0.2, 0.25) is 0 Å². The summed E-state index contributed by atoms with van der Waals surface area (Å²) >= 11 is 0. The van der Waals surface area contributed by atoms with Gasteiger partial charge >= 0.3 is 0 Å². The standard InChI is InChI=1S/C31H55NO24/c1-7-12(36)16(40)19(43)27(48-7)54-24-15(39)10(4-34)50-29(21(24)45)53-23-11(5-35)52-30(56-26-18(42)14(38)9(3-33)51-31(26)47-6-32)22(46)25(23)55-28-20(44)17(41)13(37)8(2)49-28/h7-31,33-46H,3-6,32H2,1-2H3/t7?,8?,9?,10?,11?,12-,13-,14+,15+,16?,17?,18-,19-,20-,21?,22?,23+,24-,25+,26?,27-,28-,29-,30+,31-/m0/s1. The molecular weight excluding hydrogens is 770 g/mol. The molecule has 0 bridgehead atoms. The van der Waals surface area contributed by atoms with E-state index in [2.05, 4.69) is 0 Å². The van der Waals surface area contributed by atoms with Crippen molar-refractivity contribution in [3.8, 4) is 0 Å². The predicted molar refractivity (Wildman–Crippen MR) is 172 cm³/mol. The van der Waals surface area contributed by atoms with Crippen LogP contribution in [-0.2, 0) is 47.4 Å². The minimum atomic E-state index is -2.11. The summed E-state index contributed by atoms with van der Waals surface area (Å²) in [6, 6.07) is 0. The van der Waals surface area contributed by atoms with Crippen LogP contribution in [0.1, 0.15) is 13.8 Å². The fraction of sp³-hybridized carbons (Fsp3) is 1.00. The Morgan fingerprint density at radius 2 is 0.768 bits per heavy atom. The Labute approximate surface area is 318 Å². The van der Waals surface area contributed by atoms with Crippen LogP contribution in [0.25, 0.3) is 0 Å². The number of hydrogen-bond acceptors (Lipinski definition) is 25. The molecule has 25 nitrogen and oxygen atoms in total. The van der Waals surface area contributed by atoms with E-state index in [4.69, 9.17) is 53.1 Å². The van der Waals surface area contributed by atoms with E-state index in [9.17, 15) is 71.5 Å². The third-order valence-corrected chi connectivity index (χ3v) is 10.5. The van der Waals surface area contributed by atoms with Crippen molar-refractivity contribution in [2.24, 2.45) is 5.73 Å². The van der Waals surface area contributed by atoms with E-state index < -0.39 is 180 Å². The third kappa shape index (κ3) is 9.32. The highest BCUT2D eigenvalue weighted by atomic mass is 16.8. The summed E-state index contributed by atoms with van der Waals surface area (Å²) in [5, 5.41) is 148. The molecular formula is C31H55NO24. The smallest absolute Gasteiger partial charge is 0.188 e. The largest absolute Gasteiger partial charge is 0.394 e. The zero-order chi connectivity index (χ0) is 41.3.